The topological polar surface area (TPSA) is 76.4 Å². The summed E-state index contributed by atoms with van der Waals surface area (Å²) in [5.74, 6) is 1.68. The Morgan fingerprint density at radius 2 is 2.16 bits per heavy atom. The largest absolute Gasteiger partial charge is 0.495 e. The highest BCUT2D eigenvalue weighted by Crippen LogP contribution is 2.29. The number of methoxy groups -OCH3 is 1. The van der Waals surface area contributed by atoms with E-state index < -0.39 is 0 Å². The van der Waals surface area contributed by atoms with E-state index in [4.69, 9.17) is 20.8 Å². The Labute approximate surface area is 149 Å². The second-order valence-corrected chi connectivity index (χ2v) is 5.60. The number of amides is 1. The van der Waals surface area contributed by atoms with Crippen molar-refractivity contribution in [1.29, 1.82) is 0 Å². The van der Waals surface area contributed by atoms with E-state index in [0.717, 1.165) is 0 Å². The van der Waals surface area contributed by atoms with Crippen molar-refractivity contribution in [2.75, 3.05) is 12.4 Å². The van der Waals surface area contributed by atoms with Crippen LogP contribution in [0.15, 0.2) is 59.3 Å². The maximum Gasteiger partial charge on any atom is 0.253 e. The van der Waals surface area contributed by atoms with E-state index in [1.54, 1.807) is 55.8 Å². The zero-order valence-electron chi connectivity index (χ0n) is 13.5. The van der Waals surface area contributed by atoms with Crippen LogP contribution in [0, 0.1) is 0 Å². The number of benzene rings is 1. The second kappa shape index (κ2) is 7.72. The molecule has 7 heteroatoms. The molecule has 0 saturated carbocycles. The van der Waals surface area contributed by atoms with Crippen molar-refractivity contribution in [3.63, 3.8) is 0 Å². The van der Waals surface area contributed by atoms with E-state index in [1.807, 2.05) is 0 Å². The maximum atomic E-state index is 12.1. The van der Waals surface area contributed by atoms with Crippen molar-refractivity contribution in [2.24, 2.45) is 0 Å². The SMILES string of the molecule is COc1ccc(Cl)cc1Nc1ccc(C(=O)NCc2ccco2)cn1. The number of carbonyl (C=O) groups is 1. The Morgan fingerprint density at radius 3 is 2.84 bits per heavy atom. The number of furan rings is 1. The van der Waals surface area contributed by atoms with Gasteiger partial charge in [0.15, 0.2) is 0 Å². The fourth-order valence-corrected chi connectivity index (χ4v) is 2.37. The molecule has 6 nitrogen and oxygen atoms in total. The number of pyridine rings is 1. The third-order valence-corrected chi connectivity index (χ3v) is 3.69. The van der Waals surface area contributed by atoms with Gasteiger partial charge in [0.1, 0.15) is 17.3 Å². The lowest BCUT2D eigenvalue weighted by molar-refractivity contribution is 0.0947. The molecule has 0 atom stereocenters. The van der Waals surface area contributed by atoms with Gasteiger partial charge in [0.05, 0.1) is 31.2 Å². The monoisotopic (exact) mass is 357 g/mol. The average molecular weight is 358 g/mol. The first-order valence-electron chi connectivity index (χ1n) is 7.53. The molecule has 0 fully saturated rings. The van der Waals surface area contributed by atoms with Crippen molar-refractivity contribution in [2.45, 2.75) is 6.54 Å². The third kappa shape index (κ3) is 4.30. The molecule has 1 amide bonds. The number of nitrogens with zero attached hydrogens (tertiary/aromatic N) is 1. The Hall–Kier alpha value is -2.99. The summed E-state index contributed by atoms with van der Waals surface area (Å²) in [5, 5.41) is 6.46. The number of carbonyl (C=O) groups excluding carboxylic acids is 1. The molecule has 2 aromatic heterocycles. The van der Waals surface area contributed by atoms with Crippen LogP contribution in [-0.4, -0.2) is 18.0 Å². The van der Waals surface area contributed by atoms with Gasteiger partial charge >= 0.3 is 0 Å². The molecule has 0 saturated heterocycles. The van der Waals surface area contributed by atoms with Gasteiger partial charge in [-0.15, -0.1) is 0 Å². The molecule has 0 aliphatic carbocycles. The molecular formula is C18H16ClN3O3. The van der Waals surface area contributed by atoms with Crippen LogP contribution in [0.5, 0.6) is 5.75 Å². The first-order valence-corrected chi connectivity index (χ1v) is 7.90. The van der Waals surface area contributed by atoms with E-state index in [2.05, 4.69) is 15.6 Å². The Bertz CT molecular complexity index is 849. The summed E-state index contributed by atoms with van der Waals surface area (Å²) in [4.78, 5) is 16.4. The lowest BCUT2D eigenvalue weighted by Gasteiger charge is -2.11. The molecule has 25 heavy (non-hydrogen) atoms. The highest BCUT2D eigenvalue weighted by atomic mass is 35.5. The molecule has 128 valence electrons. The minimum atomic E-state index is -0.226. The smallest absolute Gasteiger partial charge is 0.253 e. The van der Waals surface area contributed by atoms with Crippen molar-refractivity contribution < 1.29 is 13.9 Å². The fourth-order valence-electron chi connectivity index (χ4n) is 2.20. The number of ether oxygens (including phenoxy) is 1. The van der Waals surface area contributed by atoms with Gasteiger partial charge in [-0.2, -0.15) is 0 Å². The quantitative estimate of drug-likeness (QED) is 0.697. The van der Waals surface area contributed by atoms with Gasteiger partial charge in [0.25, 0.3) is 5.91 Å². The number of hydrogen-bond acceptors (Lipinski definition) is 5. The zero-order chi connectivity index (χ0) is 17.6. The standard InChI is InChI=1S/C18H16ClN3O3/c1-24-16-6-5-13(19)9-15(16)22-17-7-4-12(10-20-17)18(23)21-11-14-3-2-8-25-14/h2-10H,11H2,1H3,(H,20,22)(H,21,23). The van der Waals surface area contributed by atoms with E-state index in [-0.39, 0.29) is 5.91 Å². The molecule has 0 aliphatic rings. The highest BCUT2D eigenvalue weighted by molar-refractivity contribution is 6.31. The van der Waals surface area contributed by atoms with Gasteiger partial charge < -0.3 is 19.8 Å². The van der Waals surface area contributed by atoms with Crippen LogP contribution in [-0.2, 0) is 6.54 Å². The van der Waals surface area contributed by atoms with Crippen LogP contribution in [0.4, 0.5) is 11.5 Å². The van der Waals surface area contributed by atoms with E-state index in [1.165, 1.54) is 6.20 Å². The van der Waals surface area contributed by atoms with E-state index >= 15 is 0 Å². The van der Waals surface area contributed by atoms with Gasteiger partial charge in [0.2, 0.25) is 0 Å². The van der Waals surface area contributed by atoms with E-state index in [0.29, 0.717) is 40.1 Å². The summed E-state index contributed by atoms with van der Waals surface area (Å²) in [6.45, 7) is 0.325. The highest BCUT2D eigenvalue weighted by Gasteiger charge is 2.09. The molecule has 0 spiro atoms. The summed E-state index contributed by atoms with van der Waals surface area (Å²) in [5.41, 5.74) is 1.15. The van der Waals surface area contributed by atoms with E-state index in [9.17, 15) is 4.79 Å². The van der Waals surface area contributed by atoms with Gasteiger partial charge in [-0.25, -0.2) is 4.98 Å². The van der Waals surface area contributed by atoms with Crippen molar-refractivity contribution in [3.8, 4) is 5.75 Å². The van der Waals surface area contributed by atoms with Gasteiger partial charge in [-0.3, -0.25) is 4.79 Å². The summed E-state index contributed by atoms with van der Waals surface area (Å²) >= 11 is 6.01. The second-order valence-electron chi connectivity index (χ2n) is 5.16. The molecule has 0 unspecified atom stereocenters. The minimum Gasteiger partial charge on any atom is -0.495 e. The zero-order valence-corrected chi connectivity index (χ0v) is 14.2. The fraction of sp³-hybridized carbons (Fsp3) is 0.111. The number of anilines is 2. The van der Waals surface area contributed by atoms with Crippen LogP contribution in [0.25, 0.3) is 0 Å². The normalized spacial score (nSPS) is 10.3. The first kappa shape index (κ1) is 16.9. The maximum absolute atomic E-state index is 12.1. The van der Waals surface area contributed by atoms with Gasteiger partial charge in [-0.1, -0.05) is 11.6 Å². The summed E-state index contributed by atoms with van der Waals surface area (Å²) < 4.78 is 10.5. The average Bonchev–Trinajstić information content (AvgIpc) is 3.14. The lowest BCUT2D eigenvalue weighted by atomic mass is 10.2. The van der Waals surface area contributed by atoms with Crippen LogP contribution in [0.1, 0.15) is 16.1 Å². The lowest BCUT2D eigenvalue weighted by Crippen LogP contribution is -2.22. The van der Waals surface area contributed by atoms with Gasteiger partial charge in [0, 0.05) is 11.2 Å². The number of rotatable bonds is 6. The van der Waals surface area contributed by atoms with Gasteiger partial charge in [-0.05, 0) is 42.5 Å². The minimum absolute atomic E-state index is 0.226. The van der Waals surface area contributed by atoms with Crippen LogP contribution in [0.2, 0.25) is 5.02 Å². The van der Waals surface area contributed by atoms with Crippen LogP contribution < -0.4 is 15.4 Å². The predicted octanol–water partition coefficient (Wildman–Crippen LogP) is 4.01. The van der Waals surface area contributed by atoms with Crippen molar-refractivity contribution >= 4 is 29.0 Å². The molecule has 0 bridgehead atoms. The van der Waals surface area contributed by atoms with Crippen LogP contribution in [0.3, 0.4) is 0 Å². The molecular weight excluding hydrogens is 342 g/mol. The van der Waals surface area contributed by atoms with Crippen molar-refractivity contribution in [1.82, 2.24) is 10.3 Å². The molecule has 3 rings (SSSR count). The molecule has 0 aliphatic heterocycles. The Kier molecular flexibility index (Phi) is 5.20. The molecule has 3 aromatic rings. The molecule has 1 aromatic carbocycles. The number of hydrogen-bond donors (Lipinski definition) is 2. The predicted molar refractivity (Wildman–Crippen MR) is 95.4 cm³/mol. The number of aromatic nitrogens is 1. The summed E-state index contributed by atoms with van der Waals surface area (Å²) in [6.07, 6.45) is 3.06. The number of nitrogens with one attached hydrogen (secondary N) is 2. The Balaban J connectivity index is 1.66. The third-order valence-electron chi connectivity index (χ3n) is 3.45. The summed E-state index contributed by atoms with van der Waals surface area (Å²) in [6, 6.07) is 12.2. The Morgan fingerprint density at radius 1 is 1.28 bits per heavy atom. The first-order chi connectivity index (χ1) is 12.2. The molecule has 2 N–H and O–H groups in total. The molecule has 2 heterocycles. The summed E-state index contributed by atoms with van der Waals surface area (Å²) in [7, 11) is 1.58. The number of halogens is 1. The van der Waals surface area contributed by atoms with Crippen LogP contribution >= 0.6 is 11.6 Å². The molecule has 0 radical (unpaired) electrons. The van der Waals surface area contributed by atoms with Crippen molar-refractivity contribution in [3.05, 3.63) is 71.3 Å².